The third-order valence-corrected chi connectivity index (χ3v) is 2.60. The number of benzene rings is 1. The molecular formula is C13H9N3O. The number of pyridine rings is 1. The van der Waals surface area contributed by atoms with Crippen molar-refractivity contribution in [2.24, 2.45) is 0 Å². The quantitative estimate of drug-likeness (QED) is 0.686. The molecule has 3 rings (SSSR count). The van der Waals surface area contributed by atoms with Crippen LogP contribution in [0.1, 0.15) is 0 Å². The van der Waals surface area contributed by atoms with Gasteiger partial charge in [-0.1, -0.05) is 18.2 Å². The van der Waals surface area contributed by atoms with E-state index in [-0.39, 0.29) is 5.56 Å². The van der Waals surface area contributed by atoms with Crippen molar-refractivity contribution in [3.05, 3.63) is 59.0 Å². The molecule has 0 aliphatic heterocycles. The fourth-order valence-electron chi connectivity index (χ4n) is 1.82. The molecule has 1 N–H and O–H groups in total. The van der Waals surface area contributed by atoms with E-state index in [0.717, 1.165) is 22.2 Å². The molecule has 17 heavy (non-hydrogen) atoms. The molecule has 0 spiro atoms. The van der Waals surface area contributed by atoms with Gasteiger partial charge >= 0.3 is 0 Å². The Morgan fingerprint density at radius 3 is 2.76 bits per heavy atom. The van der Waals surface area contributed by atoms with Crippen LogP contribution in [0.15, 0.2) is 53.5 Å². The van der Waals surface area contributed by atoms with Crippen LogP contribution in [0.4, 0.5) is 0 Å². The fourth-order valence-corrected chi connectivity index (χ4v) is 1.82. The molecule has 0 atom stereocenters. The number of fused-ring (bicyclic) bond motifs is 1. The summed E-state index contributed by atoms with van der Waals surface area (Å²) in [5, 5.41) is 7.49. The van der Waals surface area contributed by atoms with Gasteiger partial charge in [0.05, 0.1) is 11.2 Å². The van der Waals surface area contributed by atoms with Crippen molar-refractivity contribution in [2.75, 3.05) is 0 Å². The van der Waals surface area contributed by atoms with Gasteiger partial charge < -0.3 is 0 Å². The van der Waals surface area contributed by atoms with E-state index in [1.54, 1.807) is 12.3 Å². The number of aromatic nitrogens is 3. The van der Waals surface area contributed by atoms with Crippen LogP contribution in [-0.2, 0) is 0 Å². The Morgan fingerprint density at radius 1 is 1.00 bits per heavy atom. The Labute approximate surface area is 97.0 Å². The smallest absolute Gasteiger partial charge is 0.264 e. The summed E-state index contributed by atoms with van der Waals surface area (Å²) in [6.07, 6.45) is 1.76. The van der Waals surface area contributed by atoms with Crippen LogP contribution in [0.3, 0.4) is 0 Å². The van der Waals surface area contributed by atoms with E-state index in [4.69, 9.17) is 0 Å². The van der Waals surface area contributed by atoms with Crippen LogP contribution in [0.25, 0.3) is 22.2 Å². The maximum absolute atomic E-state index is 11.0. The molecule has 0 saturated carbocycles. The van der Waals surface area contributed by atoms with Gasteiger partial charge in [0.1, 0.15) is 0 Å². The van der Waals surface area contributed by atoms with Gasteiger partial charge in [-0.05, 0) is 18.2 Å². The van der Waals surface area contributed by atoms with Gasteiger partial charge in [0.15, 0.2) is 0 Å². The Kier molecular flexibility index (Phi) is 2.19. The maximum atomic E-state index is 11.0. The van der Waals surface area contributed by atoms with Crippen molar-refractivity contribution in [1.29, 1.82) is 0 Å². The van der Waals surface area contributed by atoms with E-state index in [0.29, 0.717) is 0 Å². The van der Waals surface area contributed by atoms with Gasteiger partial charge in [-0.15, -0.1) is 0 Å². The first-order chi connectivity index (χ1) is 8.34. The molecule has 0 aliphatic carbocycles. The summed E-state index contributed by atoms with van der Waals surface area (Å²) in [6.45, 7) is 0. The van der Waals surface area contributed by atoms with Crippen molar-refractivity contribution < 1.29 is 0 Å². The van der Waals surface area contributed by atoms with Gasteiger partial charge in [0.25, 0.3) is 5.56 Å². The van der Waals surface area contributed by atoms with E-state index in [9.17, 15) is 4.79 Å². The summed E-state index contributed by atoms with van der Waals surface area (Å²) in [4.78, 5) is 15.3. The summed E-state index contributed by atoms with van der Waals surface area (Å²) in [6, 6.07) is 12.9. The van der Waals surface area contributed by atoms with Gasteiger partial charge in [-0.3, -0.25) is 9.78 Å². The van der Waals surface area contributed by atoms with Gasteiger partial charge in [-0.25, -0.2) is 5.10 Å². The van der Waals surface area contributed by atoms with Crippen LogP contribution in [0.2, 0.25) is 0 Å². The largest absolute Gasteiger partial charge is 0.268 e. The second-order valence-corrected chi connectivity index (χ2v) is 3.68. The lowest BCUT2D eigenvalue weighted by Crippen LogP contribution is -2.05. The molecule has 4 heteroatoms. The second kappa shape index (κ2) is 3.83. The van der Waals surface area contributed by atoms with Crippen molar-refractivity contribution >= 4 is 10.9 Å². The van der Waals surface area contributed by atoms with Crippen LogP contribution in [0, 0.1) is 0 Å². The Bertz CT molecular complexity index is 708. The van der Waals surface area contributed by atoms with E-state index >= 15 is 0 Å². The Hall–Kier alpha value is -2.49. The van der Waals surface area contributed by atoms with Gasteiger partial charge in [0.2, 0.25) is 0 Å². The molecule has 82 valence electrons. The predicted octanol–water partition coefficient (Wildman–Crippen LogP) is 1.99. The van der Waals surface area contributed by atoms with Gasteiger partial charge in [0, 0.05) is 23.2 Å². The molecule has 1 aromatic carbocycles. The van der Waals surface area contributed by atoms with Crippen LogP contribution in [0.5, 0.6) is 0 Å². The predicted molar refractivity (Wildman–Crippen MR) is 65.6 cm³/mol. The summed E-state index contributed by atoms with van der Waals surface area (Å²) in [7, 11) is 0. The first kappa shape index (κ1) is 9.72. The van der Waals surface area contributed by atoms with Crippen molar-refractivity contribution in [3.8, 4) is 11.3 Å². The Morgan fingerprint density at radius 2 is 1.94 bits per heavy atom. The molecule has 0 aliphatic rings. The summed E-state index contributed by atoms with van der Waals surface area (Å²) in [5.74, 6) is 0. The van der Waals surface area contributed by atoms with Crippen molar-refractivity contribution in [2.45, 2.75) is 0 Å². The normalized spacial score (nSPS) is 10.6. The number of aromatic amines is 1. The lowest BCUT2D eigenvalue weighted by molar-refractivity contribution is 0.996. The highest BCUT2D eigenvalue weighted by Crippen LogP contribution is 2.24. The SMILES string of the molecule is O=c1ccc(-c2cccc3ncccc23)n[nH]1. The zero-order valence-corrected chi connectivity index (χ0v) is 8.92. The average Bonchev–Trinajstić information content (AvgIpc) is 2.39. The minimum atomic E-state index is -0.202. The monoisotopic (exact) mass is 223 g/mol. The highest BCUT2D eigenvalue weighted by atomic mass is 16.1. The molecule has 0 radical (unpaired) electrons. The van der Waals surface area contributed by atoms with Gasteiger partial charge in [-0.2, -0.15) is 5.10 Å². The Balaban J connectivity index is 2.30. The lowest BCUT2D eigenvalue weighted by Gasteiger charge is -2.04. The number of nitrogens with zero attached hydrogens (tertiary/aromatic N) is 2. The zero-order valence-electron chi connectivity index (χ0n) is 8.92. The minimum Gasteiger partial charge on any atom is -0.268 e. The molecular weight excluding hydrogens is 214 g/mol. The third kappa shape index (κ3) is 1.69. The molecule has 4 nitrogen and oxygen atoms in total. The highest BCUT2D eigenvalue weighted by molar-refractivity contribution is 5.93. The molecule has 0 unspecified atom stereocenters. The van der Waals surface area contributed by atoms with E-state index < -0.39 is 0 Å². The fraction of sp³-hybridized carbons (Fsp3) is 0. The topological polar surface area (TPSA) is 58.6 Å². The highest BCUT2D eigenvalue weighted by Gasteiger charge is 2.04. The first-order valence-electron chi connectivity index (χ1n) is 5.24. The first-order valence-corrected chi connectivity index (χ1v) is 5.24. The summed E-state index contributed by atoms with van der Waals surface area (Å²) < 4.78 is 0. The maximum Gasteiger partial charge on any atom is 0.264 e. The molecule has 2 aromatic heterocycles. The van der Waals surface area contributed by atoms with Crippen LogP contribution in [-0.4, -0.2) is 15.2 Å². The third-order valence-electron chi connectivity index (χ3n) is 2.60. The number of hydrogen-bond donors (Lipinski definition) is 1. The van der Waals surface area contributed by atoms with Crippen LogP contribution >= 0.6 is 0 Å². The minimum absolute atomic E-state index is 0.202. The molecule has 2 heterocycles. The number of nitrogens with one attached hydrogen (secondary N) is 1. The second-order valence-electron chi connectivity index (χ2n) is 3.68. The molecule has 0 amide bonds. The van der Waals surface area contributed by atoms with Crippen molar-refractivity contribution in [1.82, 2.24) is 15.2 Å². The van der Waals surface area contributed by atoms with E-state index in [2.05, 4.69) is 15.2 Å². The van der Waals surface area contributed by atoms with E-state index in [1.165, 1.54) is 6.07 Å². The van der Waals surface area contributed by atoms with Crippen molar-refractivity contribution in [3.63, 3.8) is 0 Å². The number of hydrogen-bond acceptors (Lipinski definition) is 3. The standard InChI is InChI=1S/C13H9N3O/c17-13-7-6-12(15-16-13)10-3-1-5-11-9(10)4-2-8-14-11/h1-8H,(H,16,17). The average molecular weight is 223 g/mol. The lowest BCUT2D eigenvalue weighted by atomic mass is 10.1. The molecule has 0 fully saturated rings. The number of rotatable bonds is 1. The summed E-state index contributed by atoms with van der Waals surface area (Å²) in [5.41, 5.74) is 2.42. The summed E-state index contributed by atoms with van der Waals surface area (Å²) >= 11 is 0. The molecule has 3 aromatic rings. The zero-order chi connectivity index (χ0) is 11.7. The van der Waals surface area contributed by atoms with E-state index in [1.807, 2.05) is 30.3 Å². The molecule has 0 bridgehead atoms. The number of H-pyrrole nitrogens is 1. The molecule has 0 saturated heterocycles. The van der Waals surface area contributed by atoms with Crippen LogP contribution < -0.4 is 5.56 Å².